The SMILES string of the molecule is CCCCCCCC(=O)OCCOCCOCCOS(=O)(=O)c1ccccc1. The Kier molecular flexibility index (Phi) is 13.5. The molecule has 8 heteroatoms. The van der Waals surface area contributed by atoms with Crippen LogP contribution in [0.25, 0.3) is 0 Å². The van der Waals surface area contributed by atoms with Crippen LogP contribution in [0.2, 0.25) is 0 Å². The van der Waals surface area contributed by atoms with Crippen molar-refractivity contribution in [2.75, 3.05) is 39.6 Å². The first-order valence-corrected chi connectivity index (χ1v) is 11.2. The summed E-state index contributed by atoms with van der Waals surface area (Å²) in [5.74, 6) is -0.187. The molecule has 0 spiro atoms. The van der Waals surface area contributed by atoms with E-state index in [2.05, 4.69) is 6.92 Å². The molecule has 1 aromatic rings. The molecule has 160 valence electrons. The van der Waals surface area contributed by atoms with Crippen molar-refractivity contribution in [2.24, 2.45) is 0 Å². The quantitative estimate of drug-likeness (QED) is 0.219. The highest BCUT2D eigenvalue weighted by molar-refractivity contribution is 7.86. The number of hydrogen-bond acceptors (Lipinski definition) is 7. The van der Waals surface area contributed by atoms with Gasteiger partial charge >= 0.3 is 5.97 Å². The van der Waals surface area contributed by atoms with Gasteiger partial charge in [-0.1, -0.05) is 50.8 Å². The third-order valence-electron chi connectivity index (χ3n) is 3.85. The van der Waals surface area contributed by atoms with Crippen LogP contribution in [0, 0.1) is 0 Å². The Bertz CT molecular complexity index is 617. The van der Waals surface area contributed by atoms with Crippen LogP contribution in [0.15, 0.2) is 35.2 Å². The van der Waals surface area contributed by atoms with Gasteiger partial charge in [-0.15, -0.1) is 0 Å². The second-order valence-electron chi connectivity index (χ2n) is 6.20. The molecular formula is C20H32O7S. The first-order valence-electron chi connectivity index (χ1n) is 9.82. The lowest BCUT2D eigenvalue weighted by molar-refractivity contribution is -0.145. The normalized spacial score (nSPS) is 11.5. The topological polar surface area (TPSA) is 88.1 Å². The third kappa shape index (κ3) is 12.1. The highest BCUT2D eigenvalue weighted by Gasteiger charge is 2.13. The Labute approximate surface area is 168 Å². The summed E-state index contributed by atoms with van der Waals surface area (Å²) in [6.07, 6.45) is 5.95. The zero-order valence-corrected chi connectivity index (χ0v) is 17.5. The van der Waals surface area contributed by atoms with Crippen LogP contribution in [0.1, 0.15) is 45.4 Å². The Morgan fingerprint density at radius 3 is 2.11 bits per heavy atom. The number of carbonyl (C=O) groups excluding carboxylic acids is 1. The molecule has 0 heterocycles. The summed E-state index contributed by atoms with van der Waals surface area (Å²) in [5, 5.41) is 0. The summed E-state index contributed by atoms with van der Waals surface area (Å²) in [7, 11) is -3.74. The molecular weight excluding hydrogens is 384 g/mol. The van der Waals surface area contributed by atoms with Crippen LogP contribution in [0.4, 0.5) is 0 Å². The number of rotatable bonds is 17. The minimum Gasteiger partial charge on any atom is -0.463 e. The second kappa shape index (κ2) is 15.4. The molecule has 0 bridgehead atoms. The molecule has 1 aromatic carbocycles. The highest BCUT2D eigenvalue weighted by Crippen LogP contribution is 2.10. The van der Waals surface area contributed by atoms with E-state index in [1.54, 1.807) is 18.2 Å². The minimum absolute atomic E-state index is 0.0624. The first kappa shape index (κ1) is 24.6. The van der Waals surface area contributed by atoms with E-state index in [-0.39, 0.29) is 30.7 Å². The number of unbranched alkanes of at least 4 members (excludes halogenated alkanes) is 4. The predicted molar refractivity (Wildman–Crippen MR) is 106 cm³/mol. The molecule has 0 N–H and O–H groups in total. The number of ether oxygens (including phenoxy) is 3. The van der Waals surface area contributed by atoms with Gasteiger partial charge in [0.25, 0.3) is 10.1 Å². The highest BCUT2D eigenvalue weighted by atomic mass is 32.2. The van der Waals surface area contributed by atoms with Gasteiger partial charge in [-0.05, 0) is 18.6 Å². The van der Waals surface area contributed by atoms with Gasteiger partial charge in [0.05, 0.1) is 37.9 Å². The van der Waals surface area contributed by atoms with Crippen molar-refractivity contribution in [3.8, 4) is 0 Å². The largest absolute Gasteiger partial charge is 0.463 e. The maximum absolute atomic E-state index is 11.9. The molecule has 0 aliphatic carbocycles. The fourth-order valence-corrected chi connectivity index (χ4v) is 3.25. The molecule has 28 heavy (non-hydrogen) atoms. The van der Waals surface area contributed by atoms with Crippen LogP contribution < -0.4 is 0 Å². The monoisotopic (exact) mass is 416 g/mol. The number of hydrogen-bond donors (Lipinski definition) is 0. The van der Waals surface area contributed by atoms with E-state index in [0.717, 1.165) is 19.3 Å². The van der Waals surface area contributed by atoms with E-state index in [0.29, 0.717) is 26.2 Å². The molecule has 0 aromatic heterocycles. The number of benzene rings is 1. The summed E-state index contributed by atoms with van der Waals surface area (Å²) >= 11 is 0. The van der Waals surface area contributed by atoms with Gasteiger partial charge in [0, 0.05) is 6.42 Å². The lowest BCUT2D eigenvalue weighted by atomic mass is 10.1. The van der Waals surface area contributed by atoms with Gasteiger partial charge in [-0.3, -0.25) is 8.98 Å². The van der Waals surface area contributed by atoms with Gasteiger partial charge in [-0.25, -0.2) is 0 Å². The van der Waals surface area contributed by atoms with Gasteiger partial charge < -0.3 is 14.2 Å². The lowest BCUT2D eigenvalue weighted by Crippen LogP contribution is -2.15. The van der Waals surface area contributed by atoms with Crippen LogP contribution >= 0.6 is 0 Å². The van der Waals surface area contributed by atoms with Crippen LogP contribution in [-0.2, 0) is 33.3 Å². The Hall–Kier alpha value is -1.48. The molecule has 7 nitrogen and oxygen atoms in total. The molecule has 0 saturated carbocycles. The van der Waals surface area contributed by atoms with Crippen molar-refractivity contribution >= 4 is 16.1 Å². The van der Waals surface area contributed by atoms with Crippen molar-refractivity contribution in [3.05, 3.63) is 30.3 Å². The maximum atomic E-state index is 11.9. The van der Waals surface area contributed by atoms with Crippen molar-refractivity contribution in [1.29, 1.82) is 0 Å². The standard InChI is InChI=1S/C20H32O7S/c1-2-3-4-5-9-12-20(21)26-17-15-24-13-14-25-16-18-27-28(22,23)19-10-7-6-8-11-19/h6-8,10-11H,2-5,9,12-18H2,1H3. The zero-order valence-electron chi connectivity index (χ0n) is 16.6. The number of carbonyl (C=O) groups is 1. The fourth-order valence-electron chi connectivity index (χ4n) is 2.34. The molecule has 0 amide bonds. The van der Waals surface area contributed by atoms with E-state index in [1.165, 1.54) is 25.0 Å². The summed E-state index contributed by atoms with van der Waals surface area (Å²) < 4.78 is 44.2. The maximum Gasteiger partial charge on any atom is 0.305 e. The van der Waals surface area contributed by atoms with Crippen LogP contribution in [0.5, 0.6) is 0 Å². The van der Waals surface area contributed by atoms with Crippen molar-refractivity contribution in [2.45, 2.75) is 50.3 Å². The fraction of sp³-hybridized carbons (Fsp3) is 0.650. The third-order valence-corrected chi connectivity index (χ3v) is 5.17. The molecule has 1 rings (SSSR count). The van der Waals surface area contributed by atoms with E-state index < -0.39 is 10.1 Å². The Balaban J connectivity index is 1.91. The van der Waals surface area contributed by atoms with Crippen molar-refractivity contribution < 1.29 is 31.6 Å². The van der Waals surface area contributed by atoms with Gasteiger partial charge in [0.1, 0.15) is 6.61 Å². The van der Waals surface area contributed by atoms with Crippen molar-refractivity contribution in [3.63, 3.8) is 0 Å². The van der Waals surface area contributed by atoms with E-state index in [4.69, 9.17) is 18.4 Å². The summed E-state index contributed by atoms with van der Waals surface area (Å²) in [6.45, 7) is 3.41. The second-order valence-corrected chi connectivity index (χ2v) is 7.81. The lowest BCUT2D eigenvalue weighted by Gasteiger charge is -2.08. The van der Waals surface area contributed by atoms with Gasteiger partial charge in [-0.2, -0.15) is 8.42 Å². The molecule has 0 aliphatic rings. The summed E-state index contributed by atoms with van der Waals surface area (Å²) in [6, 6.07) is 7.95. The Morgan fingerprint density at radius 1 is 0.821 bits per heavy atom. The molecule has 0 fully saturated rings. The predicted octanol–water partition coefficient (Wildman–Crippen LogP) is 3.33. The molecule has 0 radical (unpaired) electrons. The summed E-state index contributed by atoms with van der Waals surface area (Å²) in [4.78, 5) is 11.6. The average molecular weight is 417 g/mol. The van der Waals surface area contributed by atoms with Gasteiger partial charge in [0.2, 0.25) is 0 Å². The molecule has 0 atom stereocenters. The van der Waals surface area contributed by atoms with Crippen LogP contribution in [0.3, 0.4) is 0 Å². The number of esters is 1. The van der Waals surface area contributed by atoms with Gasteiger partial charge in [0.15, 0.2) is 0 Å². The Morgan fingerprint density at radius 2 is 1.43 bits per heavy atom. The van der Waals surface area contributed by atoms with Crippen molar-refractivity contribution in [1.82, 2.24) is 0 Å². The minimum atomic E-state index is -3.74. The zero-order chi connectivity index (χ0) is 20.5. The van der Waals surface area contributed by atoms with E-state index in [1.807, 2.05) is 0 Å². The van der Waals surface area contributed by atoms with E-state index >= 15 is 0 Å². The van der Waals surface area contributed by atoms with E-state index in [9.17, 15) is 13.2 Å². The smallest absolute Gasteiger partial charge is 0.305 e. The average Bonchev–Trinajstić information content (AvgIpc) is 2.70. The molecule has 0 unspecified atom stereocenters. The molecule has 0 saturated heterocycles. The first-order chi connectivity index (χ1) is 13.6. The molecule has 0 aliphatic heterocycles. The summed E-state index contributed by atoms with van der Waals surface area (Å²) in [5.41, 5.74) is 0. The van der Waals surface area contributed by atoms with Crippen LogP contribution in [-0.4, -0.2) is 54.0 Å².